The van der Waals surface area contributed by atoms with Crippen molar-refractivity contribution >= 4 is 17.9 Å². The summed E-state index contributed by atoms with van der Waals surface area (Å²) in [5, 5.41) is 8.32. The van der Waals surface area contributed by atoms with Crippen LogP contribution < -0.4 is 0 Å². The van der Waals surface area contributed by atoms with Crippen molar-refractivity contribution in [2.24, 2.45) is 5.92 Å². The Balaban J connectivity index is 0. The maximum atomic E-state index is 11.6. The second-order valence-corrected chi connectivity index (χ2v) is 6.93. The Hall–Kier alpha value is -2.25. The zero-order valence-electron chi connectivity index (χ0n) is 19.0. The Kier molecular flexibility index (Phi) is 18.7. The number of carbonyl (C=O) groups is 3. The van der Waals surface area contributed by atoms with Gasteiger partial charge in [0.1, 0.15) is 6.61 Å². The van der Waals surface area contributed by atoms with Gasteiger partial charge in [-0.15, -0.1) is 0 Å². The van der Waals surface area contributed by atoms with Crippen LogP contribution in [-0.4, -0.2) is 49.4 Å². The second-order valence-electron chi connectivity index (χ2n) is 6.93. The molecule has 0 aliphatic carbocycles. The Labute approximate surface area is 180 Å². The van der Waals surface area contributed by atoms with Crippen LogP contribution in [0.2, 0.25) is 0 Å². The molecule has 0 amide bonds. The lowest BCUT2D eigenvalue weighted by atomic mass is 9.92. The quantitative estimate of drug-likeness (QED) is 0.195. The van der Waals surface area contributed by atoms with E-state index in [1.54, 1.807) is 6.92 Å². The van der Waals surface area contributed by atoms with Gasteiger partial charge in [-0.2, -0.15) is 0 Å². The monoisotopic (exact) mass is 426 g/mol. The zero-order valence-corrected chi connectivity index (χ0v) is 19.0. The number of aliphatic hydroxyl groups excluding tert-OH is 1. The number of hydrogen-bond acceptors (Lipinski definition) is 7. The molecule has 0 aliphatic rings. The Bertz CT molecular complexity index is 578. The van der Waals surface area contributed by atoms with Gasteiger partial charge in [-0.3, -0.25) is 0 Å². The van der Waals surface area contributed by atoms with Crippen LogP contribution in [0.15, 0.2) is 36.5 Å². The van der Waals surface area contributed by atoms with Gasteiger partial charge in [0.15, 0.2) is 0 Å². The summed E-state index contributed by atoms with van der Waals surface area (Å²) >= 11 is 0. The highest BCUT2D eigenvalue weighted by Gasteiger charge is 2.17. The van der Waals surface area contributed by atoms with Crippen molar-refractivity contribution in [2.45, 2.75) is 59.8 Å². The van der Waals surface area contributed by atoms with Crippen molar-refractivity contribution < 1.29 is 33.7 Å². The van der Waals surface area contributed by atoms with Gasteiger partial charge in [0, 0.05) is 16.7 Å². The van der Waals surface area contributed by atoms with Crippen LogP contribution in [0.1, 0.15) is 59.8 Å². The van der Waals surface area contributed by atoms with Crippen LogP contribution in [0.5, 0.6) is 0 Å². The fraction of sp³-hybridized carbons (Fsp3) is 0.609. The van der Waals surface area contributed by atoms with Gasteiger partial charge in [-0.25, -0.2) is 14.4 Å². The third kappa shape index (κ3) is 16.7. The standard InChI is InChI=1S/C15H24O3.C8H14O4/c1-6-8-9-13(7-2)10-12(5)15(17)18-14(16)11(3)4;1-7(2)8(10)12-6-5-11-4-3-9/h13H,3,5-10H2,1-2,4H3;9H,1,3-6H2,2H3. The molecule has 0 aromatic carbocycles. The van der Waals surface area contributed by atoms with Gasteiger partial charge in [0.2, 0.25) is 0 Å². The van der Waals surface area contributed by atoms with Gasteiger partial charge < -0.3 is 19.3 Å². The van der Waals surface area contributed by atoms with E-state index in [1.807, 2.05) is 0 Å². The third-order valence-electron chi connectivity index (χ3n) is 3.95. The molecular formula is C23H38O7. The number of esters is 3. The SMILES string of the molecule is C=C(C)C(=O)OC(=O)C(=C)CC(CC)CCCC.C=C(C)C(=O)OCCOCCO. The van der Waals surface area contributed by atoms with E-state index in [9.17, 15) is 14.4 Å². The Morgan fingerprint density at radius 2 is 1.50 bits per heavy atom. The molecule has 0 radical (unpaired) electrons. The minimum absolute atomic E-state index is 0.0194. The number of carbonyl (C=O) groups excluding carboxylic acids is 3. The van der Waals surface area contributed by atoms with E-state index >= 15 is 0 Å². The summed E-state index contributed by atoms with van der Waals surface area (Å²) in [6.07, 6.45) is 4.96. The first-order valence-corrected chi connectivity index (χ1v) is 10.2. The van der Waals surface area contributed by atoms with Crippen LogP contribution in [-0.2, 0) is 28.6 Å². The molecule has 0 aliphatic heterocycles. The van der Waals surface area contributed by atoms with Crippen molar-refractivity contribution in [2.75, 3.05) is 26.4 Å². The fourth-order valence-electron chi connectivity index (χ4n) is 2.10. The second kappa shape index (κ2) is 18.8. The van der Waals surface area contributed by atoms with Gasteiger partial charge in [0.05, 0.1) is 19.8 Å². The summed E-state index contributed by atoms with van der Waals surface area (Å²) in [5.41, 5.74) is 0.957. The lowest BCUT2D eigenvalue weighted by Gasteiger charge is -2.14. The highest BCUT2D eigenvalue weighted by molar-refractivity contribution is 6.01. The first-order chi connectivity index (χ1) is 14.1. The molecule has 30 heavy (non-hydrogen) atoms. The number of hydrogen-bond donors (Lipinski definition) is 1. The summed E-state index contributed by atoms with van der Waals surface area (Å²) in [4.78, 5) is 33.5. The summed E-state index contributed by atoms with van der Waals surface area (Å²) < 4.78 is 14.2. The van der Waals surface area contributed by atoms with Gasteiger partial charge in [-0.1, -0.05) is 59.3 Å². The average Bonchev–Trinajstić information content (AvgIpc) is 2.70. The molecule has 0 saturated heterocycles. The van der Waals surface area contributed by atoms with E-state index in [4.69, 9.17) is 14.6 Å². The molecular weight excluding hydrogens is 388 g/mol. The highest BCUT2D eigenvalue weighted by atomic mass is 16.6. The van der Waals surface area contributed by atoms with Gasteiger partial charge >= 0.3 is 17.9 Å². The number of ether oxygens (including phenoxy) is 3. The first kappa shape index (κ1) is 29.9. The molecule has 7 nitrogen and oxygen atoms in total. The lowest BCUT2D eigenvalue weighted by Crippen LogP contribution is -2.16. The highest BCUT2D eigenvalue weighted by Crippen LogP contribution is 2.21. The van der Waals surface area contributed by atoms with Crippen LogP contribution in [0.25, 0.3) is 0 Å². The van der Waals surface area contributed by atoms with Gasteiger partial charge in [0.25, 0.3) is 0 Å². The minimum Gasteiger partial charge on any atom is -0.460 e. The van der Waals surface area contributed by atoms with Crippen LogP contribution >= 0.6 is 0 Å². The predicted molar refractivity (Wildman–Crippen MR) is 117 cm³/mol. The Morgan fingerprint density at radius 1 is 0.900 bits per heavy atom. The third-order valence-corrected chi connectivity index (χ3v) is 3.95. The minimum atomic E-state index is -0.678. The molecule has 1 unspecified atom stereocenters. The molecule has 7 heteroatoms. The number of aliphatic hydroxyl groups is 1. The average molecular weight is 427 g/mol. The van der Waals surface area contributed by atoms with E-state index in [0.717, 1.165) is 25.7 Å². The molecule has 0 spiro atoms. The molecule has 1 N–H and O–H groups in total. The van der Waals surface area contributed by atoms with E-state index < -0.39 is 17.9 Å². The van der Waals surface area contributed by atoms with E-state index in [0.29, 0.717) is 30.1 Å². The topological polar surface area (TPSA) is 99.1 Å². The Morgan fingerprint density at radius 3 is 1.97 bits per heavy atom. The predicted octanol–water partition coefficient (Wildman–Crippen LogP) is 3.91. The number of rotatable bonds is 14. The molecule has 0 bridgehead atoms. The first-order valence-electron chi connectivity index (χ1n) is 10.2. The molecule has 0 saturated carbocycles. The maximum absolute atomic E-state index is 11.6. The number of unbranched alkanes of at least 4 members (excludes halogenated alkanes) is 1. The normalized spacial score (nSPS) is 10.8. The molecule has 0 aromatic rings. The lowest BCUT2D eigenvalue weighted by molar-refractivity contribution is -0.154. The molecule has 0 fully saturated rings. The van der Waals surface area contributed by atoms with Crippen molar-refractivity contribution in [1.29, 1.82) is 0 Å². The molecule has 0 aromatic heterocycles. The summed E-state index contributed by atoms with van der Waals surface area (Å²) in [7, 11) is 0. The van der Waals surface area contributed by atoms with E-state index in [1.165, 1.54) is 6.92 Å². The summed E-state index contributed by atoms with van der Waals surface area (Å²) in [5.74, 6) is -1.28. The van der Waals surface area contributed by atoms with Crippen molar-refractivity contribution in [3.8, 4) is 0 Å². The largest absolute Gasteiger partial charge is 0.460 e. The van der Waals surface area contributed by atoms with Crippen molar-refractivity contribution in [3.63, 3.8) is 0 Å². The van der Waals surface area contributed by atoms with E-state index in [2.05, 4.69) is 38.3 Å². The van der Waals surface area contributed by atoms with Gasteiger partial charge in [-0.05, 0) is 26.2 Å². The van der Waals surface area contributed by atoms with Crippen LogP contribution in [0.3, 0.4) is 0 Å². The van der Waals surface area contributed by atoms with Crippen LogP contribution in [0.4, 0.5) is 0 Å². The summed E-state index contributed by atoms with van der Waals surface area (Å²) in [6.45, 7) is 18.6. The smallest absolute Gasteiger partial charge is 0.341 e. The molecule has 1 atom stereocenters. The molecule has 0 rings (SSSR count). The fourth-order valence-corrected chi connectivity index (χ4v) is 2.10. The maximum Gasteiger partial charge on any atom is 0.341 e. The molecule has 0 heterocycles. The molecule has 172 valence electrons. The van der Waals surface area contributed by atoms with E-state index in [-0.39, 0.29) is 25.4 Å². The van der Waals surface area contributed by atoms with Crippen molar-refractivity contribution in [3.05, 3.63) is 36.5 Å². The van der Waals surface area contributed by atoms with Crippen LogP contribution in [0, 0.1) is 5.92 Å². The zero-order chi connectivity index (χ0) is 23.5. The summed E-state index contributed by atoms with van der Waals surface area (Å²) in [6, 6.07) is 0. The van der Waals surface area contributed by atoms with Crippen molar-refractivity contribution in [1.82, 2.24) is 0 Å².